The van der Waals surface area contributed by atoms with E-state index in [0.29, 0.717) is 0 Å². The van der Waals surface area contributed by atoms with Crippen LogP contribution in [0.1, 0.15) is 0 Å². The summed E-state index contributed by atoms with van der Waals surface area (Å²) in [5.74, 6) is 0. The van der Waals surface area contributed by atoms with Gasteiger partial charge in [-0.05, 0) is 24.3 Å². The molecule has 40 heavy (non-hydrogen) atoms. The van der Waals surface area contributed by atoms with Crippen molar-refractivity contribution in [3.8, 4) is 5.69 Å². The quantitative estimate of drug-likeness (QED) is 0.199. The summed E-state index contributed by atoms with van der Waals surface area (Å²) in [5.41, 5.74) is 4.80. The third kappa shape index (κ3) is 2.59. The van der Waals surface area contributed by atoms with Gasteiger partial charge in [-0.2, -0.15) is 0 Å². The molecule has 0 bridgehead atoms. The first-order valence-corrected chi connectivity index (χ1v) is 15.6. The molecule has 0 amide bonds. The SMILES string of the molecule is c1ccc2c(c1)sc1c(-n3c4ccccc4c4c5sc6cncnc6c5c5sc6ccccc6c5c43)cccc12. The van der Waals surface area contributed by atoms with E-state index in [1.54, 1.807) is 6.33 Å². The molecule has 0 aliphatic heterocycles. The molecule has 0 atom stereocenters. The molecule has 5 aromatic carbocycles. The molecular weight excluding hydrogens is 547 g/mol. The van der Waals surface area contributed by atoms with Crippen molar-refractivity contribution in [1.82, 2.24) is 14.5 Å². The van der Waals surface area contributed by atoms with Crippen LogP contribution >= 0.6 is 34.0 Å². The Morgan fingerprint density at radius 2 is 1.18 bits per heavy atom. The second kappa shape index (κ2) is 7.64. The van der Waals surface area contributed by atoms with Crippen molar-refractivity contribution in [3.05, 3.63) is 104 Å². The van der Waals surface area contributed by atoms with Crippen LogP contribution in [0.2, 0.25) is 0 Å². The van der Waals surface area contributed by atoms with Crippen molar-refractivity contribution in [3.63, 3.8) is 0 Å². The minimum Gasteiger partial charge on any atom is -0.307 e. The molecule has 0 fully saturated rings. The lowest BCUT2D eigenvalue weighted by molar-refractivity contribution is 1.21. The molecule has 6 heteroatoms. The number of hydrogen-bond donors (Lipinski definition) is 0. The fourth-order valence-corrected chi connectivity index (χ4v) is 10.3. The molecule has 0 radical (unpaired) electrons. The smallest absolute Gasteiger partial charge is 0.116 e. The van der Waals surface area contributed by atoms with Crippen molar-refractivity contribution in [2.75, 3.05) is 0 Å². The fraction of sp³-hybridized carbons (Fsp3) is 0. The first-order chi connectivity index (χ1) is 19.9. The van der Waals surface area contributed by atoms with Crippen molar-refractivity contribution < 1.29 is 0 Å². The van der Waals surface area contributed by atoms with Crippen LogP contribution in [-0.2, 0) is 0 Å². The molecule has 0 spiro atoms. The number of rotatable bonds is 1. The van der Waals surface area contributed by atoms with E-state index in [4.69, 9.17) is 4.98 Å². The van der Waals surface area contributed by atoms with E-state index in [-0.39, 0.29) is 0 Å². The zero-order valence-corrected chi connectivity index (χ0v) is 23.3. The number of thiophene rings is 3. The summed E-state index contributed by atoms with van der Waals surface area (Å²) in [6.45, 7) is 0. The molecule has 3 nitrogen and oxygen atoms in total. The van der Waals surface area contributed by atoms with Crippen molar-refractivity contribution in [1.29, 1.82) is 0 Å². The van der Waals surface area contributed by atoms with Gasteiger partial charge in [0, 0.05) is 62.7 Å². The lowest BCUT2D eigenvalue weighted by atomic mass is 10.0. The van der Waals surface area contributed by atoms with Gasteiger partial charge in [0.1, 0.15) is 6.33 Å². The number of hydrogen-bond acceptors (Lipinski definition) is 5. The highest BCUT2D eigenvalue weighted by atomic mass is 32.1. The fourth-order valence-electron chi connectivity index (χ4n) is 6.56. The van der Waals surface area contributed by atoms with Gasteiger partial charge in [-0.25, -0.2) is 9.97 Å². The summed E-state index contributed by atoms with van der Waals surface area (Å²) in [6.07, 6.45) is 3.65. The zero-order valence-electron chi connectivity index (χ0n) is 20.9. The van der Waals surface area contributed by atoms with Crippen molar-refractivity contribution >= 4 is 116 Å². The average Bonchev–Trinajstić information content (AvgIpc) is 3.75. The van der Waals surface area contributed by atoms with Crippen LogP contribution in [0.3, 0.4) is 0 Å². The van der Waals surface area contributed by atoms with E-state index < -0.39 is 0 Å². The van der Waals surface area contributed by atoms with Crippen LogP contribution in [0.4, 0.5) is 0 Å². The normalized spacial score (nSPS) is 12.5. The monoisotopic (exact) mass is 563 g/mol. The summed E-state index contributed by atoms with van der Waals surface area (Å²) < 4.78 is 10.2. The Labute approximate surface area is 239 Å². The van der Waals surface area contributed by atoms with Gasteiger partial charge in [-0.1, -0.05) is 66.7 Å². The molecule has 10 aromatic rings. The Morgan fingerprint density at radius 1 is 0.525 bits per heavy atom. The van der Waals surface area contributed by atoms with Gasteiger partial charge >= 0.3 is 0 Å². The number of para-hydroxylation sites is 1. The van der Waals surface area contributed by atoms with Crippen LogP contribution in [0, 0.1) is 0 Å². The van der Waals surface area contributed by atoms with Gasteiger partial charge in [0.05, 0.1) is 31.6 Å². The molecule has 0 saturated heterocycles. The third-order valence-electron chi connectivity index (χ3n) is 8.14. The molecule has 0 unspecified atom stereocenters. The predicted octanol–water partition coefficient (Wildman–Crippen LogP) is 10.7. The second-order valence-corrected chi connectivity index (χ2v) is 13.3. The lowest BCUT2D eigenvalue weighted by Crippen LogP contribution is -1.94. The minimum absolute atomic E-state index is 1.05. The molecule has 0 aliphatic rings. The van der Waals surface area contributed by atoms with E-state index in [9.17, 15) is 0 Å². The van der Waals surface area contributed by atoms with Gasteiger partial charge in [0.2, 0.25) is 0 Å². The summed E-state index contributed by atoms with van der Waals surface area (Å²) in [5, 5.41) is 9.09. The van der Waals surface area contributed by atoms with E-state index in [1.807, 2.05) is 40.2 Å². The first kappa shape index (κ1) is 21.5. The van der Waals surface area contributed by atoms with Gasteiger partial charge in [0.25, 0.3) is 0 Å². The third-order valence-corrected chi connectivity index (χ3v) is 11.7. The maximum Gasteiger partial charge on any atom is 0.116 e. The van der Waals surface area contributed by atoms with Gasteiger partial charge < -0.3 is 4.57 Å². The Hall–Kier alpha value is -4.36. The number of fused-ring (bicyclic) bond motifs is 15. The molecule has 0 aliphatic carbocycles. The summed E-state index contributed by atoms with van der Waals surface area (Å²) in [6, 6.07) is 33.3. The molecule has 186 valence electrons. The summed E-state index contributed by atoms with van der Waals surface area (Å²) in [7, 11) is 0. The molecule has 10 rings (SSSR count). The highest BCUT2D eigenvalue weighted by Crippen LogP contribution is 2.52. The van der Waals surface area contributed by atoms with Crippen molar-refractivity contribution in [2.24, 2.45) is 0 Å². The minimum atomic E-state index is 1.05. The maximum absolute atomic E-state index is 4.81. The van der Waals surface area contributed by atoms with Crippen LogP contribution in [0.15, 0.2) is 104 Å². The first-order valence-electron chi connectivity index (χ1n) is 13.2. The van der Waals surface area contributed by atoms with Crippen LogP contribution < -0.4 is 0 Å². The van der Waals surface area contributed by atoms with Gasteiger partial charge in [-0.3, -0.25) is 0 Å². The highest BCUT2D eigenvalue weighted by molar-refractivity contribution is 7.30. The Bertz CT molecular complexity index is 2640. The van der Waals surface area contributed by atoms with Crippen molar-refractivity contribution in [2.45, 2.75) is 0 Å². The van der Waals surface area contributed by atoms with E-state index in [0.717, 1.165) is 10.2 Å². The standard InChI is InChI=1S/C34H17N3S3/c1-4-12-22-20(9-1)27-31(37(22)23-13-7-11-19-18-8-2-5-14-24(18)38-32(19)23)28-21-10-3-6-15-25(21)39-34(28)29-30-26(40-33(27)29)16-35-17-36-30/h1-17H. The number of benzene rings is 5. The van der Waals surface area contributed by atoms with Crippen LogP contribution in [0.25, 0.3) is 88.1 Å². The Balaban J connectivity index is 1.55. The lowest BCUT2D eigenvalue weighted by Gasteiger charge is -2.11. The predicted molar refractivity (Wildman–Crippen MR) is 175 cm³/mol. The van der Waals surface area contributed by atoms with E-state index >= 15 is 0 Å². The topological polar surface area (TPSA) is 30.7 Å². The molecule has 5 aromatic heterocycles. The zero-order chi connectivity index (χ0) is 25.9. The van der Waals surface area contributed by atoms with E-state index in [2.05, 4.69) is 101 Å². The van der Waals surface area contributed by atoms with Gasteiger partial charge in [0.15, 0.2) is 0 Å². The maximum atomic E-state index is 4.81. The van der Waals surface area contributed by atoms with Gasteiger partial charge in [-0.15, -0.1) is 34.0 Å². The molecular formula is C34H17N3S3. The van der Waals surface area contributed by atoms with E-state index in [1.165, 1.54) is 77.9 Å². The molecule has 0 N–H and O–H groups in total. The molecule has 5 heterocycles. The highest BCUT2D eigenvalue weighted by Gasteiger charge is 2.25. The molecule has 0 saturated carbocycles. The van der Waals surface area contributed by atoms with Crippen LogP contribution in [0.5, 0.6) is 0 Å². The largest absolute Gasteiger partial charge is 0.307 e. The Kier molecular flexibility index (Phi) is 4.10. The number of aromatic nitrogens is 3. The average molecular weight is 564 g/mol. The number of nitrogens with zero attached hydrogens (tertiary/aromatic N) is 3. The summed E-state index contributed by atoms with van der Waals surface area (Å²) >= 11 is 5.59. The second-order valence-electron chi connectivity index (χ2n) is 10.2. The Morgan fingerprint density at radius 3 is 2.05 bits per heavy atom. The summed E-state index contributed by atoms with van der Waals surface area (Å²) in [4.78, 5) is 9.19. The van der Waals surface area contributed by atoms with Crippen LogP contribution in [-0.4, -0.2) is 14.5 Å².